The van der Waals surface area contributed by atoms with Gasteiger partial charge in [0, 0.05) is 16.7 Å². The molecule has 0 saturated heterocycles. The van der Waals surface area contributed by atoms with Crippen LogP contribution in [-0.2, 0) is 4.79 Å². The SMILES string of the molecule is Cc1ccc2c(c1)/C(=C(\C#N)C(N)=O)c1ccccc1O2. The molecule has 0 radical (unpaired) electrons. The molecule has 3 rings (SSSR count). The Morgan fingerprint density at radius 1 is 1.14 bits per heavy atom. The zero-order valence-corrected chi connectivity index (χ0v) is 11.4. The van der Waals surface area contributed by atoms with Crippen molar-refractivity contribution in [1.82, 2.24) is 0 Å². The van der Waals surface area contributed by atoms with Crippen LogP contribution in [0.4, 0.5) is 0 Å². The van der Waals surface area contributed by atoms with E-state index in [0.29, 0.717) is 28.2 Å². The Hall–Kier alpha value is -3.06. The van der Waals surface area contributed by atoms with Gasteiger partial charge >= 0.3 is 0 Å². The van der Waals surface area contributed by atoms with E-state index in [-0.39, 0.29) is 5.57 Å². The first-order valence-electron chi connectivity index (χ1n) is 6.44. The van der Waals surface area contributed by atoms with Crippen molar-refractivity contribution in [3.8, 4) is 17.6 Å². The van der Waals surface area contributed by atoms with Gasteiger partial charge in [-0.3, -0.25) is 4.79 Å². The number of amides is 1. The van der Waals surface area contributed by atoms with Crippen molar-refractivity contribution < 1.29 is 9.53 Å². The predicted octanol–water partition coefficient (Wildman–Crippen LogP) is 2.91. The first-order chi connectivity index (χ1) is 10.1. The summed E-state index contributed by atoms with van der Waals surface area (Å²) < 4.78 is 5.84. The summed E-state index contributed by atoms with van der Waals surface area (Å²) in [4.78, 5) is 11.6. The highest BCUT2D eigenvalue weighted by molar-refractivity contribution is 6.09. The van der Waals surface area contributed by atoms with Crippen LogP contribution in [0.5, 0.6) is 11.5 Å². The van der Waals surface area contributed by atoms with Gasteiger partial charge in [0.15, 0.2) is 0 Å². The normalized spacial score (nSPS) is 14.3. The molecule has 0 spiro atoms. The third-order valence-electron chi connectivity index (χ3n) is 3.39. The fourth-order valence-corrected chi connectivity index (χ4v) is 2.46. The number of primary amides is 1. The van der Waals surface area contributed by atoms with Crippen LogP contribution in [0.1, 0.15) is 16.7 Å². The second-order valence-corrected chi connectivity index (χ2v) is 4.82. The van der Waals surface area contributed by atoms with Gasteiger partial charge in [-0.05, 0) is 25.1 Å². The third-order valence-corrected chi connectivity index (χ3v) is 3.39. The van der Waals surface area contributed by atoms with E-state index in [1.54, 1.807) is 6.07 Å². The van der Waals surface area contributed by atoms with Gasteiger partial charge in [0.05, 0.1) is 0 Å². The maximum Gasteiger partial charge on any atom is 0.260 e. The third kappa shape index (κ3) is 2.05. The highest BCUT2D eigenvalue weighted by Gasteiger charge is 2.26. The number of hydrogen-bond acceptors (Lipinski definition) is 3. The maximum atomic E-state index is 11.6. The molecule has 102 valence electrons. The quantitative estimate of drug-likeness (QED) is 0.548. The molecule has 1 heterocycles. The number of carbonyl (C=O) groups is 1. The molecule has 0 unspecified atom stereocenters. The molecule has 4 heteroatoms. The van der Waals surface area contributed by atoms with Gasteiger partial charge in [-0.2, -0.15) is 5.26 Å². The Morgan fingerprint density at radius 2 is 1.86 bits per heavy atom. The van der Waals surface area contributed by atoms with Crippen molar-refractivity contribution in [2.24, 2.45) is 5.73 Å². The second kappa shape index (κ2) is 4.80. The average molecular weight is 276 g/mol. The van der Waals surface area contributed by atoms with Gasteiger partial charge in [-0.15, -0.1) is 0 Å². The monoisotopic (exact) mass is 276 g/mol. The Bertz CT molecular complexity index is 829. The maximum absolute atomic E-state index is 11.6. The number of hydrogen-bond donors (Lipinski definition) is 1. The lowest BCUT2D eigenvalue weighted by atomic mass is 9.89. The van der Waals surface area contributed by atoms with Gasteiger partial charge in [-0.1, -0.05) is 29.8 Å². The van der Waals surface area contributed by atoms with Crippen LogP contribution < -0.4 is 10.5 Å². The van der Waals surface area contributed by atoms with Crippen molar-refractivity contribution in [3.05, 3.63) is 64.7 Å². The molecule has 2 aromatic carbocycles. The molecule has 1 amide bonds. The van der Waals surface area contributed by atoms with Gasteiger partial charge in [-0.25, -0.2) is 0 Å². The molecule has 0 atom stereocenters. The molecule has 2 aromatic rings. The largest absolute Gasteiger partial charge is 0.456 e. The standard InChI is InChI=1S/C17H12N2O2/c1-10-6-7-15-12(8-10)16(13(9-18)17(19)20)11-4-2-3-5-14(11)21-15/h2-8H,1H3,(H2,19,20)/b16-13+. The second-order valence-electron chi connectivity index (χ2n) is 4.82. The van der Waals surface area contributed by atoms with Crippen LogP contribution in [-0.4, -0.2) is 5.91 Å². The number of ether oxygens (including phenoxy) is 1. The summed E-state index contributed by atoms with van der Waals surface area (Å²) in [7, 11) is 0. The number of aryl methyl sites for hydroxylation is 1. The van der Waals surface area contributed by atoms with Gasteiger partial charge in [0.1, 0.15) is 23.1 Å². The zero-order chi connectivity index (χ0) is 15.0. The Balaban J connectivity index is 2.41. The fraction of sp³-hybridized carbons (Fsp3) is 0.0588. The van der Waals surface area contributed by atoms with E-state index in [1.165, 1.54) is 0 Å². The molecule has 0 aromatic heterocycles. The fourth-order valence-electron chi connectivity index (χ4n) is 2.46. The van der Waals surface area contributed by atoms with Crippen molar-refractivity contribution in [3.63, 3.8) is 0 Å². The van der Waals surface area contributed by atoms with E-state index in [0.717, 1.165) is 5.56 Å². The molecule has 21 heavy (non-hydrogen) atoms. The lowest BCUT2D eigenvalue weighted by Crippen LogP contribution is -2.16. The first-order valence-corrected chi connectivity index (χ1v) is 6.44. The zero-order valence-electron chi connectivity index (χ0n) is 11.4. The molecule has 0 fully saturated rings. The molecule has 1 aliphatic rings. The summed E-state index contributed by atoms with van der Waals surface area (Å²) in [6.45, 7) is 1.94. The molecule has 0 bridgehead atoms. The Kier molecular flexibility index (Phi) is 2.96. The topological polar surface area (TPSA) is 76.1 Å². The van der Waals surface area contributed by atoms with Crippen molar-refractivity contribution in [2.75, 3.05) is 0 Å². The summed E-state index contributed by atoms with van der Waals surface area (Å²) in [6, 6.07) is 14.8. The van der Waals surface area contributed by atoms with Gasteiger partial charge in [0.25, 0.3) is 5.91 Å². The number of rotatable bonds is 1. The molecule has 2 N–H and O–H groups in total. The van der Waals surface area contributed by atoms with E-state index in [9.17, 15) is 10.1 Å². The number of nitrogens with two attached hydrogens (primary N) is 1. The molecular formula is C17H12N2O2. The van der Waals surface area contributed by atoms with Crippen LogP contribution in [0, 0.1) is 18.3 Å². The average Bonchev–Trinajstić information content (AvgIpc) is 2.47. The lowest BCUT2D eigenvalue weighted by molar-refractivity contribution is -0.114. The van der Waals surface area contributed by atoms with Gasteiger partial charge < -0.3 is 10.5 Å². The predicted molar refractivity (Wildman–Crippen MR) is 78.5 cm³/mol. The lowest BCUT2D eigenvalue weighted by Gasteiger charge is -2.23. The molecule has 4 nitrogen and oxygen atoms in total. The number of carbonyl (C=O) groups excluding carboxylic acids is 1. The van der Waals surface area contributed by atoms with Crippen LogP contribution in [0.2, 0.25) is 0 Å². The van der Waals surface area contributed by atoms with Gasteiger partial charge in [0.2, 0.25) is 0 Å². The van der Waals surface area contributed by atoms with E-state index in [4.69, 9.17) is 10.5 Å². The minimum absolute atomic E-state index is 0.0578. The van der Waals surface area contributed by atoms with E-state index < -0.39 is 5.91 Å². The molecule has 0 saturated carbocycles. The van der Waals surface area contributed by atoms with Crippen molar-refractivity contribution in [2.45, 2.75) is 6.92 Å². The summed E-state index contributed by atoms with van der Waals surface area (Å²) in [5.74, 6) is 0.484. The van der Waals surface area contributed by atoms with Crippen LogP contribution in [0.3, 0.4) is 0 Å². The van der Waals surface area contributed by atoms with Crippen molar-refractivity contribution >= 4 is 11.5 Å². The summed E-state index contributed by atoms with van der Waals surface area (Å²) in [5.41, 5.74) is 8.27. The van der Waals surface area contributed by atoms with Crippen molar-refractivity contribution in [1.29, 1.82) is 5.26 Å². The molecular weight excluding hydrogens is 264 g/mol. The molecule has 1 aliphatic heterocycles. The highest BCUT2D eigenvalue weighted by Crippen LogP contribution is 2.44. The van der Waals surface area contributed by atoms with E-state index in [1.807, 2.05) is 49.4 Å². The first kappa shape index (κ1) is 12.9. The van der Waals surface area contributed by atoms with E-state index in [2.05, 4.69) is 0 Å². The minimum atomic E-state index is -0.739. The Labute approximate surface area is 122 Å². The number of benzene rings is 2. The van der Waals surface area contributed by atoms with Crippen LogP contribution >= 0.6 is 0 Å². The van der Waals surface area contributed by atoms with E-state index >= 15 is 0 Å². The van der Waals surface area contributed by atoms with Crippen LogP contribution in [0.15, 0.2) is 48.0 Å². The highest BCUT2D eigenvalue weighted by atomic mass is 16.5. The number of nitrogens with zero attached hydrogens (tertiary/aromatic N) is 1. The number of nitriles is 1. The van der Waals surface area contributed by atoms with Crippen LogP contribution in [0.25, 0.3) is 5.57 Å². The smallest absolute Gasteiger partial charge is 0.260 e. The minimum Gasteiger partial charge on any atom is -0.456 e. The Morgan fingerprint density at radius 3 is 2.57 bits per heavy atom. The number of para-hydroxylation sites is 1. The summed E-state index contributed by atoms with van der Waals surface area (Å²) in [5, 5.41) is 9.32. The molecule has 0 aliphatic carbocycles. The summed E-state index contributed by atoms with van der Waals surface area (Å²) >= 11 is 0. The summed E-state index contributed by atoms with van der Waals surface area (Å²) in [6.07, 6.45) is 0. The number of fused-ring (bicyclic) bond motifs is 2.